The van der Waals surface area contributed by atoms with Gasteiger partial charge in [0.2, 0.25) is 0 Å². The van der Waals surface area contributed by atoms with Crippen molar-refractivity contribution < 1.29 is 23.8 Å². The van der Waals surface area contributed by atoms with Crippen LogP contribution in [0.2, 0.25) is 0 Å². The summed E-state index contributed by atoms with van der Waals surface area (Å²) in [6, 6.07) is 15.0. The van der Waals surface area contributed by atoms with Crippen LogP contribution in [-0.2, 0) is 16.0 Å². The maximum atomic E-state index is 13.0. The van der Waals surface area contributed by atoms with Crippen LogP contribution in [0, 0.1) is 11.8 Å². The summed E-state index contributed by atoms with van der Waals surface area (Å²) >= 11 is 0. The molecule has 0 saturated heterocycles. The number of Topliss-reactive ketones (excluding diaryl/α,β-unsaturated/α-hetero) is 1. The van der Waals surface area contributed by atoms with Crippen LogP contribution in [0.25, 0.3) is 0 Å². The molecule has 1 saturated carbocycles. The quantitative estimate of drug-likeness (QED) is 0.290. The lowest BCUT2D eigenvalue weighted by molar-refractivity contribution is -0.145. The Morgan fingerprint density at radius 1 is 1.03 bits per heavy atom. The predicted octanol–water partition coefficient (Wildman–Crippen LogP) is 5.40. The lowest BCUT2D eigenvalue weighted by Crippen LogP contribution is -2.34. The lowest BCUT2D eigenvalue weighted by Gasteiger charge is -2.23. The number of ether oxygens (including phenoxy) is 3. The standard InChI is InChI=1S/C26H32O5/c1-4-20(16-19-10-6-5-7-11-19)25(18(2)27)26(28)31-22-14-15-23(29-3)24(17-22)30-21-12-8-9-13-21/h5-7,10-11,14-15,17,20-21,25H,4,8-9,12-13,16H2,1-3H3. The third kappa shape index (κ3) is 6.09. The average Bonchev–Trinajstić information content (AvgIpc) is 3.27. The zero-order valence-electron chi connectivity index (χ0n) is 18.6. The van der Waals surface area contributed by atoms with Gasteiger partial charge in [-0.15, -0.1) is 0 Å². The van der Waals surface area contributed by atoms with Gasteiger partial charge in [0.05, 0.1) is 13.2 Å². The Kier molecular flexibility index (Phi) is 8.10. The van der Waals surface area contributed by atoms with Gasteiger partial charge in [-0.2, -0.15) is 0 Å². The first kappa shape index (κ1) is 22.9. The van der Waals surface area contributed by atoms with E-state index in [2.05, 4.69) is 0 Å². The Morgan fingerprint density at radius 2 is 1.74 bits per heavy atom. The highest BCUT2D eigenvalue weighted by Gasteiger charge is 2.33. The highest BCUT2D eigenvalue weighted by molar-refractivity contribution is 5.98. The van der Waals surface area contributed by atoms with Crippen molar-refractivity contribution in [3.05, 3.63) is 54.1 Å². The average molecular weight is 425 g/mol. The van der Waals surface area contributed by atoms with Gasteiger partial charge in [0, 0.05) is 6.07 Å². The number of carbonyl (C=O) groups is 2. The Morgan fingerprint density at radius 3 is 2.35 bits per heavy atom. The lowest BCUT2D eigenvalue weighted by atomic mass is 9.82. The molecule has 1 fully saturated rings. The van der Waals surface area contributed by atoms with Crippen LogP contribution >= 0.6 is 0 Å². The Hall–Kier alpha value is -2.82. The van der Waals surface area contributed by atoms with Crippen molar-refractivity contribution in [2.45, 2.75) is 58.5 Å². The molecule has 0 spiro atoms. The first-order valence-electron chi connectivity index (χ1n) is 11.1. The fourth-order valence-corrected chi connectivity index (χ4v) is 4.28. The molecule has 0 radical (unpaired) electrons. The van der Waals surface area contributed by atoms with E-state index < -0.39 is 11.9 Å². The van der Waals surface area contributed by atoms with Crippen LogP contribution < -0.4 is 14.2 Å². The van der Waals surface area contributed by atoms with Gasteiger partial charge in [0.25, 0.3) is 0 Å². The van der Waals surface area contributed by atoms with Crippen molar-refractivity contribution >= 4 is 11.8 Å². The fourth-order valence-electron chi connectivity index (χ4n) is 4.28. The van der Waals surface area contributed by atoms with Crippen molar-refractivity contribution in [3.8, 4) is 17.2 Å². The summed E-state index contributed by atoms with van der Waals surface area (Å²) in [4.78, 5) is 25.5. The van der Waals surface area contributed by atoms with Crippen molar-refractivity contribution in [2.75, 3.05) is 7.11 Å². The normalized spacial score (nSPS) is 15.8. The molecule has 0 heterocycles. The van der Waals surface area contributed by atoms with Crippen LogP contribution in [-0.4, -0.2) is 25.0 Å². The minimum absolute atomic E-state index is 0.125. The summed E-state index contributed by atoms with van der Waals surface area (Å²) in [6.07, 6.45) is 5.83. The molecule has 0 aliphatic heterocycles. The maximum absolute atomic E-state index is 13.0. The first-order chi connectivity index (χ1) is 15.0. The monoisotopic (exact) mass is 424 g/mol. The van der Waals surface area contributed by atoms with Crippen molar-refractivity contribution in [3.63, 3.8) is 0 Å². The summed E-state index contributed by atoms with van der Waals surface area (Å²) in [7, 11) is 1.59. The summed E-state index contributed by atoms with van der Waals surface area (Å²) < 4.78 is 17.2. The van der Waals surface area contributed by atoms with E-state index >= 15 is 0 Å². The molecule has 0 aromatic heterocycles. The number of esters is 1. The van der Waals surface area contributed by atoms with E-state index in [4.69, 9.17) is 14.2 Å². The molecule has 3 rings (SSSR count). The van der Waals surface area contributed by atoms with E-state index in [1.807, 2.05) is 37.3 Å². The van der Waals surface area contributed by atoms with Gasteiger partial charge in [-0.1, -0.05) is 43.7 Å². The topological polar surface area (TPSA) is 61.8 Å². The molecule has 2 atom stereocenters. The number of hydrogen-bond acceptors (Lipinski definition) is 5. The van der Waals surface area contributed by atoms with E-state index in [0.717, 1.165) is 31.2 Å². The van der Waals surface area contributed by atoms with Gasteiger partial charge in [0.1, 0.15) is 17.5 Å². The van der Waals surface area contributed by atoms with Crippen LogP contribution in [0.3, 0.4) is 0 Å². The summed E-state index contributed by atoms with van der Waals surface area (Å²) in [5.74, 6) is -0.109. The third-order valence-corrected chi connectivity index (χ3v) is 5.98. The van der Waals surface area contributed by atoms with Gasteiger partial charge < -0.3 is 14.2 Å². The first-order valence-corrected chi connectivity index (χ1v) is 11.1. The number of carbonyl (C=O) groups excluding carboxylic acids is 2. The van der Waals surface area contributed by atoms with Gasteiger partial charge in [0.15, 0.2) is 11.5 Å². The molecule has 5 nitrogen and oxygen atoms in total. The molecular formula is C26H32O5. The van der Waals surface area contributed by atoms with E-state index in [1.165, 1.54) is 6.92 Å². The highest BCUT2D eigenvalue weighted by atomic mass is 16.5. The largest absolute Gasteiger partial charge is 0.493 e. The van der Waals surface area contributed by atoms with Crippen LogP contribution in [0.5, 0.6) is 17.2 Å². The van der Waals surface area contributed by atoms with Crippen molar-refractivity contribution in [1.29, 1.82) is 0 Å². The second kappa shape index (κ2) is 11.0. The van der Waals surface area contributed by atoms with E-state index in [-0.39, 0.29) is 17.8 Å². The zero-order valence-corrected chi connectivity index (χ0v) is 18.6. The van der Waals surface area contributed by atoms with Crippen molar-refractivity contribution in [1.82, 2.24) is 0 Å². The zero-order chi connectivity index (χ0) is 22.2. The van der Waals surface area contributed by atoms with E-state index in [1.54, 1.807) is 25.3 Å². The molecule has 5 heteroatoms. The van der Waals surface area contributed by atoms with Crippen molar-refractivity contribution in [2.24, 2.45) is 11.8 Å². The molecule has 1 aliphatic rings. The molecule has 31 heavy (non-hydrogen) atoms. The predicted molar refractivity (Wildman–Crippen MR) is 120 cm³/mol. The maximum Gasteiger partial charge on any atom is 0.322 e. The van der Waals surface area contributed by atoms with Crippen LogP contribution in [0.4, 0.5) is 0 Å². The molecule has 0 N–H and O–H groups in total. The van der Waals surface area contributed by atoms with Gasteiger partial charge in [-0.25, -0.2) is 0 Å². The molecule has 1 aliphatic carbocycles. The van der Waals surface area contributed by atoms with E-state index in [0.29, 0.717) is 30.1 Å². The Bertz CT molecular complexity index is 871. The number of hydrogen-bond donors (Lipinski definition) is 0. The number of rotatable bonds is 10. The van der Waals surface area contributed by atoms with Crippen LogP contribution in [0.15, 0.2) is 48.5 Å². The summed E-state index contributed by atoms with van der Waals surface area (Å²) in [5, 5.41) is 0. The number of benzene rings is 2. The molecule has 2 aromatic carbocycles. The van der Waals surface area contributed by atoms with E-state index in [9.17, 15) is 9.59 Å². The second-order valence-corrected chi connectivity index (χ2v) is 8.20. The molecule has 166 valence electrons. The Balaban J connectivity index is 1.75. The fraction of sp³-hybridized carbons (Fsp3) is 0.462. The second-order valence-electron chi connectivity index (χ2n) is 8.20. The number of ketones is 1. The van der Waals surface area contributed by atoms with Gasteiger partial charge >= 0.3 is 5.97 Å². The van der Waals surface area contributed by atoms with Gasteiger partial charge in [-0.3, -0.25) is 9.59 Å². The minimum Gasteiger partial charge on any atom is -0.493 e. The third-order valence-electron chi connectivity index (χ3n) is 5.98. The summed E-state index contributed by atoms with van der Waals surface area (Å²) in [6.45, 7) is 3.46. The molecule has 0 bridgehead atoms. The van der Waals surface area contributed by atoms with Gasteiger partial charge in [-0.05, 0) is 62.6 Å². The summed E-state index contributed by atoms with van der Waals surface area (Å²) in [5.41, 5.74) is 1.10. The minimum atomic E-state index is -0.813. The Labute approximate surface area is 184 Å². The molecule has 2 unspecified atom stereocenters. The van der Waals surface area contributed by atoms with Crippen LogP contribution in [0.1, 0.15) is 51.5 Å². The highest BCUT2D eigenvalue weighted by Crippen LogP contribution is 2.35. The smallest absolute Gasteiger partial charge is 0.322 e. The molecular weight excluding hydrogens is 392 g/mol. The molecule has 0 amide bonds. The molecule has 2 aromatic rings. The number of methoxy groups -OCH3 is 1. The SMILES string of the molecule is CCC(Cc1ccccc1)C(C(C)=O)C(=O)Oc1ccc(OC)c(OC2CCCC2)c1.